The number of fused-ring (bicyclic) bond motifs is 1. The van der Waals surface area contributed by atoms with Crippen molar-refractivity contribution < 1.29 is 9.47 Å². The highest BCUT2D eigenvalue weighted by molar-refractivity contribution is 6.31. The van der Waals surface area contributed by atoms with Gasteiger partial charge in [0.2, 0.25) is 12.7 Å². The maximum atomic E-state index is 6.16. The molecule has 1 aromatic heterocycles. The lowest BCUT2D eigenvalue weighted by molar-refractivity contribution is 0.174. The summed E-state index contributed by atoms with van der Waals surface area (Å²) in [6, 6.07) is 13.4. The molecule has 26 heavy (non-hydrogen) atoms. The minimum atomic E-state index is 0.274. The summed E-state index contributed by atoms with van der Waals surface area (Å²) < 4.78 is 10.7. The third-order valence-electron chi connectivity index (χ3n) is 4.08. The summed E-state index contributed by atoms with van der Waals surface area (Å²) in [6.45, 7) is 2.84. The Labute approximate surface area is 156 Å². The van der Waals surface area contributed by atoms with Crippen LogP contribution in [0.25, 0.3) is 0 Å². The zero-order valence-corrected chi connectivity index (χ0v) is 14.9. The third kappa shape index (κ3) is 3.50. The van der Waals surface area contributed by atoms with Crippen molar-refractivity contribution >= 4 is 29.1 Å². The Bertz CT molecular complexity index is 949. The molecule has 2 aromatic carbocycles. The van der Waals surface area contributed by atoms with E-state index < -0.39 is 0 Å². The molecule has 1 aliphatic rings. The van der Waals surface area contributed by atoms with Gasteiger partial charge in [0, 0.05) is 23.5 Å². The van der Waals surface area contributed by atoms with Crippen LogP contribution in [0.1, 0.15) is 11.1 Å². The van der Waals surface area contributed by atoms with E-state index in [0.717, 1.165) is 34.1 Å². The Morgan fingerprint density at radius 2 is 2.00 bits per heavy atom. The summed E-state index contributed by atoms with van der Waals surface area (Å²) in [4.78, 5) is 8.76. The zero-order chi connectivity index (χ0) is 17.9. The van der Waals surface area contributed by atoms with Crippen LogP contribution in [0.3, 0.4) is 0 Å². The highest BCUT2D eigenvalue weighted by Crippen LogP contribution is 2.32. The van der Waals surface area contributed by atoms with Crippen LogP contribution < -0.4 is 20.1 Å². The van der Waals surface area contributed by atoms with Crippen molar-refractivity contribution in [3.63, 3.8) is 0 Å². The van der Waals surface area contributed by atoms with Gasteiger partial charge in [-0.1, -0.05) is 23.7 Å². The molecule has 0 aliphatic carbocycles. The molecule has 6 nitrogen and oxygen atoms in total. The smallest absolute Gasteiger partial charge is 0.231 e. The summed E-state index contributed by atoms with van der Waals surface area (Å²) in [6.07, 6.45) is 1.71. The molecular formula is C19H17ClN4O2. The van der Waals surface area contributed by atoms with E-state index in [2.05, 4.69) is 20.6 Å². The number of nitrogens with one attached hydrogen (secondary N) is 2. The number of hydrogen-bond acceptors (Lipinski definition) is 6. The van der Waals surface area contributed by atoms with Crippen LogP contribution in [-0.2, 0) is 6.54 Å². The van der Waals surface area contributed by atoms with Gasteiger partial charge in [0.15, 0.2) is 11.5 Å². The summed E-state index contributed by atoms with van der Waals surface area (Å²) in [5.41, 5.74) is 2.91. The Morgan fingerprint density at radius 3 is 2.92 bits per heavy atom. The molecule has 0 saturated carbocycles. The second kappa shape index (κ2) is 7.09. The Morgan fingerprint density at radius 1 is 1.12 bits per heavy atom. The monoisotopic (exact) mass is 368 g/mol. The van der Waals surface area contributed by atoms with E-state index in [1.54, 1.807) is 6.20 Å². The molecule has 0 fully saturated rings. The van der Waals surface area contributed by atoms with E-state index in [0.29, 0.717) is 17.5 Å². The van der Waals surface area contributed by atoms with Gasteiger partial charge in [-0.2, -0.15) is 4.98 Å². The quantitative estimate of drug-likeness (QED) is 0.690. The third-order valence-corrected chi connectivity index (χ3v) is 4.49. The SMILES string of the molecule is Cc1c(Cl)cccc1Nc1nccc(NCc2ccc3c(c2)OCO3)n1. The van der Waals surface area contributed by atoms with Gasteiger partial charge < -0.3 is 20.1 Å². The number of anilines is 3. The van der Waals surface area contributed by atoms with Crippen molar-refractivity contribution in [1.82, 2.24) is 9.97 Å². The average molecular weight is 369 g/mol. The molecule has 1 aliphatic heterocycles. The summed E-state index contributed by atoms with van der Waals surface area (Å²) >= 11 is 6.16. The molecule has 0 saturated heterocycles. The van der Waals surface area contributed by atoms with Crippen LogP contribution in [-0.4, -0.2) is 16.8 Å². The predicted molar refractivity (Wildman–Crippen MR) is 101 cm³/mol. The molecule has 132 valence electrons. The van der Waals surface area contributed by atoms with Gasteiger partial charge in [0.1, 0.15) is 5.82 Å². The predicted octanol–water partition coefficient (Wildman–Crippen LogP) is 4.52. The number of halogens is 1. The summed E-state index contributed by atoms with van der Waals surface area (Å²) in [5, 5.41) is 7.19. The van der Waals surface area contributed by atoms with E-state index in [1.165, 1.54) is 0 Å². The second-order valence-electron chi connectivity index (χ2n) is 5.84. The van der Waals surface area contributed by atoms with Gasteiger partial charge in [-0.05, 0) is 48.4 Å². The zero-order valence-electron chi connectivity index (χ0n) is 14.1. The average Bonchev–Trinajstić information content (AvgIpc) is 3.12. The normalized spacial score (nSPS) is 12.1. The fourth-order valence-electron chi connectivity index (χ4n) is 2.62. The van der Waals surface area contributed by atoms with Gasteiger partial charge in [-0.15, -0.1) is 0 Å². The largest absolute Gasteiger partial charge is 0.454 e. The summed E-state index contributed by atoms with van der Waals surface area (Å²) in [7, 11) is 0. The van der Waals surface area contributed by atoms with Crippen LogP contribution in [0.5, 0.6) is 11.5 Å². The van der Waals surface area contributed by atoms with E-state index in [1.807, 2.05) is 49.4 Å². The van der Waals surface area contributed by atoms with E-state index >= 15 is 0 Å². The van der Waals surface area contributed by atoms with Crippen LogP contribution in [0.15, 0.2) is 48.7 Å². The lowest BCUT2D eigenvalue weighted by Gasteiger charge is -2.11. The minimum Gasteiger partial charge on any atom is -0.454 e. The highest BCUT2D eigenvalue weighted by Gasteiger charge is 2.13. The number of nitrogens with zero attached hydrogens (tertiary/aromatic N) is 2. The van der Waals surface area contributed by atoms with Crippen LogP contribution in [0.2, 0.25) is 5.02 Å². The summed E-state index contributed by atoms with van der Waals surface area (Å²) in [5.74, 6) is 2.77. The maximum Gasteiger partial charge on any atom is 0.231 e. The molecule has 4 rings (SSSR count). The van der Waals surface area contributed by atoms with E-state index in [-0.39, 0.29) is 6.79 Å². The molecule has 0 unspecified atom stereocenters. The first-order valence-corrected chi connectivity index (χ1v) is 8.54. The van der Waals surface area contributed by atoms with Crippen LogP contribution >= 0.6 is 11.6 Å². The Kier molecular flexibility index (Phi) is 4.50. The topological polar surface area (TPSA) is 68.3 Å². The first-order valence-electron chi connectivity index (χ1n) is 8.16. The molecular weight excluding hydrogens is 352 g/mol. The van der Waals surface area contributed by atoms with Crippen molar-refractivity contribution in [2.45, 2.75) is 13.5 Å². The van der Waals surface area contributed by atoms with Gasteiger partial charge in [0.25, 0.3) is 0 Å². The van der Waals surface area contributed by atoms with Gasteiger partial charge in [0.05, 0.1) is 0 Å². The first kappa shape index (κ1) is 16.5. The molecule has 2 heterocycles. The molecule has 3 aromatic rings. The number of hydrogen-bond donors (Lipinski definition) is 2. The molecule has 0 bridgehead atoms. The standard InChI is InChI=1S/C19H17ClN4O2/c1-12-14(20)3-2-4-15(12)23-19-21-8-7-18(24-19)22-10-13-5-6-16-17(9-13)26-11-25-16/h2-9H,10-11H2,1H3,(H2,21,22,23,24). The van der Waals surface area contributed by atoms with Gasteiger partial charge in [-0.25, -0.2) is 4.98 Å². The highest BCUT2D eigenvalue weighted by atomic mass is 35.5. The Balaban J connectivity index is 1.45. The fourth-order valence-corrected chi connectivity index (χ4v) is 2.80. The Hall–Kier alpha value is -2.99. The van der Waals surface area contributed by atoms with Crippen molar-refractivity contribution in [3.05, 3.63) is 64.8 Å². The molecule has 0 radical (unpaired) electrons. The fraction of sp³-hybridized carbons (Fsp3) is 0.158. The maximum absolute atomic E-state index is 6.16. The number of rotatable bonds is 5. The molecule has 2 N–H and O–H groups in total. The molecule has 0 atom stereocenters. The second-order valence-corrected chi connectivity index (χ2v) is 6.25. The number of benzene rings is 2. The van der Waals surface area contributed by atoms with Crippen LogP contribution in [0, 0.1) is 6.92 Å². The lowest BCUT2D eigenvalue weighted by atomic mass is 10.2. The van der Waals surface area contributed by atoms with Crippen molar-refractivity contribution in [2.75, 3.05) is 17.4 Å². The molecule has 0 spiro atoms. The van der Waals surface area contributed by atoms with Crippen LogP contribution in [0.4, 0.5) is 17.5 Å². The molecule has 7 heteroatoms. The lowest BCUT2D eigenvalue weighted by Crippen LogP contribution is -2.04. The first-order chi connectivity index (χ1) is 12.7. The minimum absolute atomic E-state index is 0.274. The van der Waals surface area contributed by atoms with E-state index in [4.69, 9.17) is 21.1 Å². The van der Waals surface area contributed by atoms with Gasteiger partial charge >= 0.3 is 0 Å². The van der Waals surface area contributed by atoms with Gasteiger partial charge in [-0.3, -0.25) is 0 Å². The number of aromatic nitrogens is 2. The number of ether oxygens (including phenoxy) is 2. The van der Waals surface area contributed by atoms with Crippen molar-refractivity contribution in [2.24, 2.45) is 0 Å². The van der Waals surface area contributed by atoms with Crippen molar-refractivity contribution in [1.29, 1.82) is 0 Å². The van der Waals surface area contributed by atoms with Crippen molar-refractivity contribution in [3.8, 4) is 11.5 Å². The van der Waals surface area contributed by atoms with E-state index in [9.17, 15) is 0 Å². The molecule has 0 amide bonds.